The minimum atomic E-state index is -0.408. The summed E-state index contributed by atoms with van der Waals surface area (Å²) < 4.78 is 21.5. The Kier molecular flexibility index (Phi) is 4.97. The fourth-order valence-electron chi connectivity index (χ4n) is 2.63. The lowest BCUT2D eigenvalue weighted by atomic mass is 10.1. The molecule has 0 aliphatic rings. The lowest BCUT2D eigenvalue weighted by Gasteiger charge is -2.15. The topological polar surface area (TPSA) is 82.8 Å². The van der Waals surface area contributed by atoms with E-state index in [2.05, 4.69) is 10.3 Å². The number of aromatic nitrogens is 1. The molecule has 0 saturated carbocycles. The summed E-state index contributed by atoms with van der Waals surface area (Å²) in [5, 5.41) is 2.87. The van der Waals surface area contributed by atoms with E-state index in [1.807, 2.05) is 24.3 Å². The molecule has 1 unspecified atom stereocenters. The number of para-hydroxylation sites is 2. The van der Waals surface area contributed by atoms with Gasteiger partial charge in [-0.2, -0.15) is 0 Å². The molecular formula is C19H20N2O5. The van der Waals surface area contributed by atoms with Crippen molar-refractivity contribution in [3.05, 3.63) is 47.9 Å². The Bertz CT molecular complexity index is 877. The van der Waals surface area contributed by atoms with Crippen LogP contribution in [0.25, 0.3) is 11.1 Å². The van der Waals surface area contributed by atoms with Crippen molar-refractivity contribution in [3.8, 4) is 17.2 Å². The van der Waals surface area contributed by atoms with Crippen LogP contribution in [0.3, 0.4) is 0 Å². The maximum absolute atomic E-state index is 12.6. The molecule has 1 heterocycles. The molecule has 3 aromatic rings. The summed E-state index contributed by atoms with van der Waals surface area (Å²) in [7, 11) is 4.51. The average molecular weight is 356 g/mol. The van der Waals surface area contributed by atoms with E-state index in [9.17, 15) is 4.79 Å². The minimum absolute atomic E-state index is 0.306. The number of fused-ring (bicyclic) bond motifs is 1. The second kappa shape index (κ2) is 7.35. The van der Waals surface area contributed by atoms with Gasteiger partial charge in [-0.1, -0.05) is 12.1 Å². The van der Waals surface area contributed by atoms with E-state index in [1.165, 1.54) is 21.3 Å². The first-order chi connectivity index (χ1) is 12.6. The lowest BCUT2D eigenvalue weighted by molar-refractivity contribution is 0.0933. The third-order valence-corrected chi connectivity index (χ3v) is 3.96. The number of ether oxygens (including phenoxy) is 3. The van der Waals surface area contributed by atoms with Gasteiger partial charge in [0.1, 0.15) is 11.6 Å². The van der Waals surface area contributed by atoms with Crippen molar-refractivity contribution >= 4 is 17.0 Å². The Balaban J connectivity index is 1.84. The Hall–Kier alpha value is -3.22. The van der Waals surface area contributed by atoms with Crippen LogP contribution >= 0.6 is 0 Å². The van der Waals surface area contributed by atoms with Gasteiger partial charge in [-0.3, -0.25) is 4.79 Å². The van der Waals surface area contributed by atoms with Gasteiger partial charge in [0.25, 0.3) is 5.91 Å². The quantitative estimate of drug-likeness (QED) is 0.729. The molecule has 1 atom stereocenters. The van der Waals surface area contributed by atoms with Crippen LogP contribution in [0, 0.1) is 0 Å². The molecule has 7 heteroatoms. The Labute approximate surface area is 150 Å². The largest absolute Gasteiger partial charge is 0.493 e. The minimum Gasteiger partial charge on any atom is -0.493 e. The molecule has 0 aliphatic heterocycles. The van der Waals surface area contributed by atoms with E-state index in [0.717, 1.165) is 5.52 Å². The van der Waals surface area contributed by atoms with Crippen molar-refractivity contribution < 1.29 is 23.4 Å². The first kappa shape index (κ1) is 17.6. The molecule has 1 N–H and O–H groups in total. The van der Waals surface area contributed by atoms with Gasteiger partial charge in [0.15, 0.2) is 17.1 Å². The Morgan fingerprint density at radius 2 is 1.73 bits per heavy atom. The van der Waals surface area contributed by atoms with Crippen molar-refractivity contribution in [1.29, 1.82) is 0 Å². The van der Waals surface area contributed by atoms with Crippen molar-refractivity contribution in [2.45, 2.75) is 13.0 Å². The molecule has 2 aromatic carbocycles. The number of carbonyl (C=O) groups excluding carboxylic acids is 1. The number of benzene rings is 2. The second-order valence-corrected chi connectivity index (χ2v) is 5.63. The molecule has 1 amide bonds. The summed E-state index contributed by atoms with van der Waals surface area (Å²) in [4.78, 5) is 17.1. The van der Waals surface area contributed by atoms with Crippen molar-refractivity contribution in [2.75, 3.05) is 21.3 Å². The third-order valence-electron chi connectivity index (χ3n) is 3.96. The lowest BCUT2D eigenvalue weighted by Crippen LogP contribution is -2.27. The number of hydrogen-bond acceptors (Lipinski definition) is 6. The van der Waals surface area contributed by atoms with E-state index in [4.69, 9.17) is 18.6 Å². The highest BCUT2D eigenvalue weighted by molar-refractivity contribution is 5.95. The molecule has 1 aromatic heterocycles. The van der Waals surface area contributed by atoms with E-state index in [0.29, 0.717) is 34.3 Å². The van der Waals surface area contributed by atoms with Crippen LogP contribution in [-0.4, -0.2) is 32.2 Å². The highest BCUT2D eigenvalue weighted by atomic mass is 16.5. The standard InChI is InChI=1S/C19H20N2O5/c1-11(19-21-13-7-5-6-8-14(13)26-19)20-18(22)12-9-15(23-2)17(25-4)16(10-12)24-3/h5-11H,1-4H3,(H,20,22). The van der Waals surface area contributed by atoms with Crippen LogP contribution in [0.4, 0.5) is 0 Å². The number of nitrogens with zero attached hydrogens (tertiary/aromatic N) is 1. The highest BCUT2D eigenvalue weighted by Gasteiger charge is 2.20. The second-order valence-electron chi connectivity index (χ2n) is 5.63. The van der Waals surface area contributed by atoms with Gasteiger partial charge < -0.3 is 23.9 Å². The van der Waals surface area contributed by atoms with Crippen LogP contribution in [0.2, 0.25) is 0 Å². The zero-order chi connectivity index (χ0) is 18.7. The fraction of sp³-hybridized carbons (Fsp3) is 0.263. The summed E-state index contributed by atoms with van der Waals surface area (Å²) in [6.07, 6.45) is 0. The van der Waals surface area contributed by atoms with E-state index in [-0.39, 0.29) is 5.91 Å². The van der Waals surface area contributed by atoms with Crippen LogP contribution in [0.1, 0.15) is 29.2 Å². The summed E-state index contributed by atoms with van der Waals surface area (Å²) >= 11 is 0. The number of rotatable bonds is 6. The summed E-state index contributed by atoms with van der Waals surface area (Å²) in [5.41, 5.74) is 1.80. The van der Waals surface area contributed by atoms with Gasteiger partial charge in [0, 0.05) is 5.56 Å². The number of oxazole rings is 1. The zero-order valence-corrected chi connectivity index (χ0v) is 15.0. The molecule has 0 fully saturated rings. The van der Waals surface area contributed by atoms with Gasteiger partial charge in [-0.15, -0.1) is 0 Å². The smallest absolute Gasteiger partial charge is 0.252 e. The van der Waals surface area contributed by atoms with Crippen LogP contribution < -0.4 is 19.5 Å². The molecule has 0 radical (unpaired) electrons. The molecule has 136 valence electrons. The average Bonchev–Trinajstić information content (AvgIpc) is 3.11. The number of amides is 1. The van der Waals surface area contributed by atoms with E-state index >= 15 is 0 Å². The Morgan fingerprint density at radius 3 is 2.31 bits per heavy atom. The third kappa shape index (κ3) is 3.28. The Morgan fingerprint density at radius 1 is 1.08 bits per heavy atom. The van der Waals surface area contributed by atoms with Gasteiger partial charge >= 0.3 is 0 Å². The molecule has 0 saturated heterocycles. The van der Waals surface area contributed by atoms with Crippen molar-refractivity contribution in [3.63, 3.8) is 0 Å². The molecule has 7 nitrogen and oxygen atoms in total. The first-order valence-electron chi connectivity index (χ1n) is 8.03. The van der Waals surface area contributed by atoms with Gasteiger partial charge in [-0.25, -0.2) is 4.98 Å². The summed E-state index contributed by atoms with van der Waals surface area (Å²) in [6.45, 7) is 1.81. The molecule has 0 bridgehead atoms. The predicted octanol–water partition coefficient (Wildman–Crippen LogP) is 3.34. The molecule has 3 rings (SSSR count). The molecule has 0 aliphatic carbocycles. The number of hydrogen-bond donors (Lipinski definition) is 1. The van der Waals surface area contributed by atoms with Crippen LogP contribution in [0.5, 0.6) is 17.2 Å². The van der Waals surface area contributed by atoms with Crippen LogP contribution in [-0.2, 0) is 0 Å². The number of nitrogens with one attached hydrogen (secondary N) is 1. The SMILES string of the molecule is COc1cc(C(=O)NC(C)c2nc3ccccc3o2)cc(OC)c1OC. The zero-order valence-electron chi connectivity index (χ0n) is 15.0. The van der Waals surface area contributed by atoms with Crippen molar-refractivity contribution in [1.82, 2.24) is 10.3 Å². The van der Waals surface area contributed by atoms with Crippen LogP contribution in [0.15, 0.2) is 40.8 Å². The summed E-state index contributed by atoms with van der Waals surface area (Å²) in [6, 6.07) is 10.2. The molecule has 0 spiro atoms. The molecular weight excluding hydrogens is 336 g/mol. The van der Waals surface area contributed by atoms with E-state index in [1.54, 1.807) is 19.1 Å². The number of carbonyl (C=O) groups is 1. The molecule has 26 heavy (non-hydrogen) atoms. The fourth-order valence-corrected chi connectivity index (χ4v) is 2.63. The van der Waals surface area contributed by atoms with Gasteiger partial charge in [-0.05, 0) is 31.2 Å². The predicted molar refractivity (Wildman–Crippen MR) is 96.0 cm³/mol. The summed E-state index contributed by atoms with van der Waals surface area (Å²) in [5.74, 6) is 1.38. The highest BCUT2D eigenvalue weighted by Crippen LogP contribution is 2.38. The number of methoxy groups -OCH3 is 3. The van der Waals surface area contributed by atoms with Gasteiger partial charge in [0.05, 0.1) is 21.3 Å². The first-order valence-corrected chi connectivity index (χ1v) is 8.03. The maximum Gasteiger partial charge on any atom is 0.252 e. The van der Waals surface area contributed by atoms with Gasteiger partial charge in [0.2, 0.25) is 11.6 Å². The normalized spacial score (nSPS) is 11.8. The van der Waals surface area contributed by atoms with Crippen molar-refractivity contribution in [2.24, 2.45) is 0 Å². The van der Waals surface area contributed by atoms with E-state index < -0.39 is 6.04 Å². The monoisotopic (exact) mass is 356 g/mol. The maximum atomic E-state index is 12.6.